The molecule has 8 heteroatoms. The Kier molecular flexibility index (Phi) is 11.8. The van der Waals surface area contributed by atoms with E-state index >= 15 is 0 Å². The normalized spacial score (nSPS) is 10.5. The highest BCUT2D eigenvalue weighted by molar-refractivity contribution is 14.0. The molecule has 1 rings (SSSR count). The van der Waals surface area contributed by atoms with E-state index in [4.69, 9.17) is 9.47 Å². The molecule has 0 saturated carbocycles. The van der Waals surface area contributed by atoms with Gasteiger partial charge in [0.2, 0.25) is 5.91 Å². The molecule has 7 nitrogen and oxygen atoms in total. The van der Waals surface area contributed by atoms with Crippen LogP contribution in [0.1, 0.15) is 18.9 Å². The summed E-state index contributed by atoms with van der Waals surface area (Å²) in [7, 11) is 6.66. The second-order valence-corrected chi connectivity index (χ2v) is 5.42. The minimum atomic E-state index is -0.00730. The number of likely N-dealkylation sites (N-methyl/N-ethyl adjacent to an activating group) is 1. The fraction of sp³-hybridized carbons (Fsp3) is 0.529. The number of halogens is 1. The number of benzene rings is 1. The van der Waals surface area contributed by atoms with Crippen LogP contribution in [0.2, 0.25) is 0 Å². The SMILES string of the molecule is CCCNC(=NCc1ccc(OC)c(OC)c1)NCC(=O)N(C)C.I. The first kappa shape index (κ1) is 23.3. The van der Waals surface area contributed by atoms with Crippen LogP contribution in [-0.4, -0.2) is 58.2 Å². The van der Waals surface area contributed by atoms with Gasteiger partial charge in [0.1, 0.15) is 0 Å². The number of methoxy groups -OCH3 is 2. The number of amides is 1. The van der Waals surface area contributed by atoms with Crippen molar-refractivity contribution in [3.63, 3.8) is 0 Å². The molecule has 0 saturated heterocycles. The largest absolute Gasteiger partial charge is 0.493 e. The molecule has 0 aliphatic heterocycles. The monoisotopic (exact) mass is 464 g/mol. The van der Waals surface area contributed by atoms with Crippen LogP contribution in [0.4, 0.5) is 0 Å². The first-order valence-electron chi connectivity index (χ1n) is 7.95. The Morgan fingerprint density at radius 3 is 2.40 bits per heavy atom. The van der Waals surface area contributed by atoms with Crippen LogP contribution in [0.5, 0.6) is 11.5 Å². The van der Waals surface area contributed by atoms with Crippen molar-refractivity contribution in [2.45, 2.75) is 19.9 Å². The molecule has 0 atom stereocenters. The third kappa shape index (κ3) is 8.28. The fourth-order valence-electron chi connectivity index (χ4n) is 1.88. The average molecular weight is 464 g/mol. The van der Waals surface area contributed by atoms with Gasteiger partial charge in [-0.05, 0) is 24.1 Å². The van der Waals surface area contributed by atoms with Gasteiger partial charge in [-0.3, -0.25) is 4.79 Å². The Labute approximate surface area is 167 Å². The molecule has 25 heavy (non-hydrogen) atoms. The van der Waals surface area contributed by atoms with Gasteiger partial charge in [-0.25, -0.2) is 4.99 Å². The van der Waals surface area contributed by atoms with Gasteiger partial charge in [0.15, 0.2) is 17.5 Å². The minimum Gasteiger partial charge on any atom is -0.493 e. The molecule has 0 unspecified atom stereocenters. The molecule has 0 heterocycles. The second kappa shape index (κ2) is 12.6. The highest BCUT2D eigenvalue weighted by Gasteiger charge is 2.07. The first-order chi connectivity index (χ1) is 11.5. The van der Waals surface area contributed by atoms with E-state index in [9.17, 15) is 4.79 Å². The lowest BCUT2D eigenvalue weighted by Gasteiger charge is -2.15. The van der Waals surface area contributed by atoms with Gasteiger partial charge in [0.25, 0.3) is 0 Å². The van der Waals surface area contributed by atoms with Gasteiger partial charge in [-0.2, -0.15) is 0 Å². The predicted molar refractivity (Wildman–Crippen MR) is 111 cm³/mol. The van der Waals surface area contributed by atoms with Crippen LogP contribution >= 0.6 is 24.0 Å². The van der Waals surface area contributed by atoms with E-state index in [0.717, 1.165) is 18.5 Å². The maximum Gasteiger partial charge on any atom is 0.241 e. The number of ether oxygens (including phenoxy) is 2. The van der Waals surface area contributed by atoms with E-state index in [2.05, 4.69) is 22.5 Å². The standard InChI is InChI=1S/C17H28N4O3.HI/c1-6-9-18-17(20-12-16(22)21(2)3)19-11-13-7-8-14(23-4)15(10-13)24-5;/h7-8,10H,6,9,11-12H2,1-5H3,(H2,18,19,20);1H. The summed E-state index contributed by atoms with van der Waals surface area (Å²) in [5.74, 6) is 1.96. The van der Waals surface area contributed by atoms with Crippen molar-refractivity contribution < 1.29 is 14.3 Å². The predicted octanol–water partition coefficient (Wildman–Crippen LogP) is 1.86. The number of hydrogen-bond donors (Lipinski definition) is 2. The maximum atomic E-state index is 11.7. The first-order valence-corrected chi connectivity index (χ1v) is 7.95. The Bertz CT molecular complexity index is 565. The van der Waals surface area contributed by atoms with Crippen LogP contribution in [0.15, 0.2) is 23.2 Å². The molecular formula is C17H29IN4O3. The summed E-state index contributed by atoms with van der Waals surface area (Å²) in [5.41, 5.74) is 0.990. The van der Waals surface area contributed by atoms with Crippen molar-refractivity contribution in [3.05, 3.63) is 23.8 Å². The molecular weight excluding hydrogens is 435 g/mol. The lowest BCUT2D eigenvalue weighted by atomic mass is 10.2. The quantitative estimate of drug-likeness (QED) is 0.349. The number of nitrogens with one attached hydrogen (secondary N) is 2. The molecule has 1 aromatic rings. The summed E-state index contributed by atoms with van der Waals surface area (Å²) in [6, 6.07) is 5.68. The molecule has 0 bridgehead atoms. The van der Waals surface area contributed by atoms with E-state index in [1.165, 1.54) is 0 Å². The van der Waals surface area contributed by atoms with Gasteiger partial charge in [0, 0.05) is 20.6 Å². The molecule has 142 valence electrons. The zero-order valence-corrected chi connectivity index (χ0v) is 17.9. The van der Waals surface area contributed by atoms with E-state index in [-0.39, 0.29) is 36.4 Å². The Morgan fingerprint density at radius 2 is 1.84 bits per heavy atom. The summed E-state index contributed by atoms with van der Waals surface area (Å²) in [6.07, 6.45) is 0.971. The summed E-state index contributed by atoms with van der Waals surface area (Å²) in [4.78, 5) is 17.8. The number of nitrogens with zero attached hydrogens (tertiary/aromatic N) is 2. The van der Waals surface area contributed by atoms with Crippen LogP contribution in [-0.2, 0) is 11.3 Å². The van der Waals surface area contributed by atoms with Gasteiger partial charge >= 0.3 is 0 Å². The van der Waals surface area contributed by atoms with Crippen molar-refractivity contribution in [1.82, 2.24) is 15.5 Å². The molecule has 0 aliphatic rings. The van der Waals surface area contributed by atoms with E-state index < -0.39 is 0 Å². The highest BCUT2D eigenvalue weighted by Crippen LogP contribution is 2.27. The third-order valence-corrected chi connectivity index (χ3v) is 3.32. The van der Waals surface area contributed by atoms with Crippen molar-refractivity contribution >= 4 is 35.8 Å². The average Bonchev–Trinajstić information content (AvgIpc) is 2.60. The number of carbonyl (C=O) groups is 1. The summed E-state index contributed by atoms with van der Waals surface area (Å²) >= 11 is 0. The molecule has 0 radical (unpaired) electrons. The molecule has 1 aromatic carbocycles. The molecule has 0 aliphatic carbocycles. The van der Waals surface area contributed by atoms with E-state index in [1.807, 2.05) is 18.2 Å². The Morgan fingerprint density at radius 1 is 1.16 bits per heavy atom. The van der Waals surface area contributed by atoms with Gasteiger partial charge in [-0.15, -0.1) is 24.0 Å². The van der Waals surface area contributed by atoms with Crippen LogP contribution < -0.4 is 20.1 Å². The van der Waals surface area contributed by atoms with Crippen LogP contribution in [0.3, 0.4) is 0 Å². The zero-order valence-electron chi connectivity index (χ0n) is 15.6. The molecule has 0 aromatic heterocycles. The van der Waals surface area contributed by atoms with Crippen LogP contribution in [0, 0.1) is 0 Å². The molecule has 0 fully saturated rings. The summed E-state index contributed by atoms with van der Waals surface area (Å²) in [6.45, 7) is 3.53. The van der Waals surface area contributed by atoms with Crippen molar-refractivity contribution in [3.8, 4) is 11.5 Å². The smallest absolute Gasteiger partial charge is 0.241 e. The third-order valence-electron chi connectivity index (χ3n) is 3.32. The Hall–Kier alpha value is -1.71. The number of guanidine groups is 1. The van der Waals surface area contributed by atoms with Crippen molar-refractivity contribution in [2.24, 2.45) is 4.99 Å². The number of hydrogen-bond acceptors (Lipinski definition) is 4. The summed E-state index contributed by atoms with van der Waals surface area (Å²) < 4.78 is 10.5. The highest BCUT2D eigenvalue weighted by atomic mass is 127. The van der Waals surface area contributed by atoms with Gasteiger partial charge in [-0.1, -0.05) is 13.0 Å². The number of aliphatic imine (C=N–C) groups is 1. The summed E-state index contributed by atoms with van der Waals surface area (Å²) in [5, 5.41) is 6.25. The maximum absolute atomic E-state index is 11.7. The van der Waals surface area contributed by atoms with E-state index in [1.54, 1.807) is 33.2 Å². The zero-order chi connectivity index (χ0) is 17.9. The Balaban J connectivity index is 0.00000576. The molecule has 0 spiro atoms. The molecule has 1 amide bonds. The van der Waals surface area contributed by atoms with Crippen molar-refractivity contribution in [2.75, 3.05) is 41.4 Å². The lowest BCUT2D eigenvalue weighted by Crippen LogP contribution is -2.43. The van der Waals surface area contributed by atoms with Gasteiger partial charge in [0.05, 0.1) is 27.3 Å². The van der Waals surface area contributed by atoms with Crippen LogP contribution in [0.25, 0.3) is 0 Å². The number of carbonyl (C=O) groups excluding carboxylic acids is 1. The van der Waals surface area contributed by atoms with E-state index in [0.29, 0.717) is 24.0 Å². The van der Waals surface area contributed by atoms with Crippen molar-refractivity contribution in [1.29, 1.82) is 0 Å². The second-order valence-electron chi connectivity index (χ2n) is 5.42. The number of rotatable bonds is 8. The minimum absolute atomic E-state index is 0. The van der Waals surface area contributed by atoms with Gasteiger partial charge < -0.3 is 25.0 Å². The lowest BCUT2D eigenvalue weighted by molar-refractivity contribution is -0.127. The fourth-order valence-corrected chi connectivity index (χ4v) is 1.88. The topological polar surface area (TPSA) is 75.2 Å². The molecule has 2 N–H and O–H groups in total.